The summed E-state index contributed by atoms with van der Waals surface area (Å²) < 4.78 is 51.9. The van der Waals surface area contributed by atoms with Gasteiger partial charge in [0.25, 0.3) is 0 Å². The van der Waals surface area contributed by atoms with E-state index in [4.69, 9.17) is 0 Å². The molecule has 2 aromatic carbocycles. The van der Waals surface area contributed by atoms with Crippen LogP contribution >= 0.6 is 0 Å². The van der Waals surface area contributed by atoms with Gasteiger partial charge in [-0.3, -0.25) is 21.7 Å². The molecule has 9 heteroatoms. The number of halogens is 4. The fourth-order valence-corrected chi connectivity index (χ4v) is 4.00. The van der Waals surface area contributed by atoms with Crippen molar-refractivity contribution in [3.05, 3.63) is 145 Å². The number of aryl methyl sites for hydroxylation is 2. The first-order valence-electron chi connectivity index (χ1n) is 15.0. The van der Waals surface area contributed by atoms with Gasteiger partial charge in [0.2, 0.25) is 11.8 Å². The normalized spacial score (nSPS) is 11.5. The van der Waals surface area contributed by atoms with Crippen molar-refractivity contribution in [3.63, 3.8) is 0 Å². The summed E-state index contributed by atoms with van der Waals surface area (Å²) in [5, 5.41) is 0. The molecule has 4 rings (SSSR count). The quantitative estimate of drug-likeness (QED) is 0.0984. The number of hydrogen-bond acceptors (Lipinski definition) is 2. The van der Waals surface area contributed by atoms with Gasteiger partial charge in [-0.05, 0) is 12.8 Å². The van der Waals surface area contributed by atoms with E-state index in [-0.39, 0.29) is 33.5 Å². The SMILES string of the molecule is C=CCN(CCCc1ccc(F)[c-]c1F)C(C)=O.C=CCN(CCCc1ccc(F)[c-]c1F)C(C)=O.[C-]1=CC=CC1.[C-]1=CC=CC1.[Ti+4]. The van der Waals surface area contributed by atoms with Gasteiger partial charge in [0.1, 0.15) is 0 Å². The first-order valence-corrected chi connectivity index (χ1v) is 15.0. The second-order valence-electron chi connectivity index (χ2n) is 10.0. The minimum absolute atomic E-state index is 0. The zero-order valence-corrected chi connectivity index (χ0v) is 28.7. The van der Waals surface area contributed by atoms with Crippen molar-refractivity contribution < 1.29 is 48.9 Å². The first-order chi connectivity index (χ1) is 22.1. The van der Waals surface area contributed by atoms with E-state index >= 15 is 0 Å². The monoisotopic (exact) mass is 682 g/mol. The minimum atomic E-state index is -0.701. The van der Waals surface area contributed by atoms with Crippen LogP contribution < -0.4 is 0 Å². The first kappa shape index (κ1) is 43.3. The van der Waals surface area contributed by atoms with Crippen molar-refractivity contribution in [1.82, 2.24) is 9.80 Å². The summed E-state index contributed by atoms with van der Waals surface area (Å²) in [5.41, 5.74) is 0.831. The van der Waals surface area contributed by atoms with E-state index in [1.54, 1.807) is 22.0 Å². The van der Waals surface area contributed by atoms with Crippen LogP contribution in [0.5, 0.6) is 0 Å². The van der Waals surface area contributed by atoms with Crippen molar-refractivity contribution in [2.45, 2.75) is 52.4 Å². The van der Waals surface area contributed by atoms with Gasteiger partial charge in [0.05, 0.1) is 0 Å². The minimum Gasteiger partial charge on any atom is -0.339 e. The molecule has 2 aromatic rings. The van der Waals surface area contributed by atoms with Gasteiger partial charge < -0.3 is 9.80 Å². The molecule has 2 aliphatic rings. The molecule has 0 spiro atoms. The Balaban J connectivity index is 0.000000681. The van der Waals surface area contributed by atoms with Crippen LogP contribution in [-0.2, 0) is 44.1 Å². The summed E-state index contributed by atoms with van der Waals surface area (Å²) >= 11 is 0. The molecular weight excluding hydrogens is 640 g/mol. The maximum absolute atomic E-state index is 13.3. The second kappa shape index (κ2) is 26.3. The fourth-order valence-electron chi connectivity index (χ4n) is 4.00. The Labute approximate surface area is 292 Å². The Morgan fingerprint density at radius 1 is 0.723 bits per heavy atom. The van der Waals surface area contributed by atoms with E-state index in [1.807, 2.05) is 36.4 Å². The summed E-state index contributed by atoms with van der Waals surface area (Å²) in [4.78, 5) is 25.7. The predicted molar refractivity (Wildman–Crippen MR) is 175 cm³/mol. The van der Waals surface area contributed by atoms with Crippen LogP contribution in [0.25, 0.3) is 0 Å². The van der Waals surface area contributed by atoms with E-state index in [0.717, 1.165) is 12.8 Å². The Hall–Kier alpha value is -3.75. The van der Waals surface area contributed by atoms with Gasteiger partial charge in [0, 0.05) is 63.3 Å². The average Bonchev–Trinajstić information content (AvgIpc) is 3.79. The van der Waals surface area contributed by atoms with Crippen LogP contribution in [0.4, 0.5) is 17.6 Å². The second-order valence-corrected chi connectivity index (χ2v) is 10.0. The van der Waals surface area contributed by atoms with E-state index in [0.29, 0.717) is 63.0 Å². The van der Waals surface area contributed by atoms with E-state index in [1.165, 1.54) is 38.1 Å². The van der Waals surface area contributed by atoms with Crippen LogP contribution in [0.3, 0.4) is 0 Å². The summed E-state index contributed by atoms with van der Waals surface area (Å²) in [6, 6.07) is 9.18. The van der Waals surface area contributed by atoms with Gasteiger partial charge in [-0.25, -0.2) is 41.9 Å². The van der Waals surface area contributed by atoms with E-state index in [2.05, 4.69) is 37.5 Å². The van der Waals surface area contributed by atoms with E-state index < -0.39 is 23.3 Å². The van der Waals surface area contributed by atoms with Gasteiger partial charge in [-0.2, -0.15) is 24.3 Å². The summed E-state index contributed by atoms with van der Waals surface area (Å²) in [7, 11) is 0. The Morgan fingerprint density at radius 2 is 1.11 bits per heavy atom. The summed E-state index contributed by atoms with van der Waals surface area (Å²) in [6.45, 7) is 12.1. The van der Waals surface area contributed by atoms with Gasteiger partial charge in [-0.15, -0.1) is 61.4 Å². The third-order valence-corrected chi connectivity index (χ3v) is 6.39. The van der Waals surface area contributed by atoms with Gasteiger partial charge in [-0.1, -0.05) is 25.0 Å². The van der Waals surface area contributed by atoms with Crippen LogP contribution in [-0.4, -0.2) is 47.8 Å². The molecule has 2 aliphatic carbocycles. The molecule has 0 fully saturated rings. The molecule has 248 valence electrons. The number of nitrogens with zero attached hydrogens (tertiary/aromatic N) is 2. The molecule has 0 N–H and O–H groups in total. The number of amides is 2. The number of carbonyl (C=O) groups is 2. The molecular formula is C38H42F4N2O2Ti. The Kier molecular flexibility index (Phi) is 24.2. The van der Waals surface area contributed by atoms with Gasteiger partial charge in [0.15, 0.2) is 0 Å². The average molecular weight is 683 g/mol. The molecule has 2 amide bonds. The maximum Gasteiger partial charge on any atom is 4.00 e. The van der Waals surface area contributed by atoms with Crippen molar-refractivity contribution in [3.8, 4) is 0 Å². The van der Waals surface area contributed by atoms with Crippen LogP contribution in [0.2, 0.25) is 0 Å². The number of hydrogen-bond donors (Lipinski definition) is 0. The largest absolute Gasteiger partial charge is 4.00 e. The summed E-state index contributed by atoms with van der Waals surface area (Å²) in [6.07, 6.45) is 25.4. The predicted octanol–water partition coefficient (Wildman–Crippen LogP) is 8.07. The molecule has 0 aromatic heterocycles. The third kappa shape index (κ3) is 20.2. The van der Waals surface area contributed by atoms with Crippen LogP contribution in [0.15, 0.2) is 86.0 Å². The van der Waals surface area contributed by atoms with Gasteiger partial charge >= 0.3 is 21.7 Å². The van der Waals surface area contributed by atoms with Crippen molar-refractivity contribution in [2.24, 2.45) is 0 Å². The van der Waals surface area contributed by atoms with Crippen molar-refractivity contribution >= 4 is 11.8 Å². The molecule has 0 heterocycles. The zero-order chi connectivity index (χ0) is 34.2. The third-order valence-electron chi connectivity index (χ3n) is 6.39. The summed E-state index contributed by atoms with van der Waals surface area (Å²) in [5.74, 6) is -2.80. The fraction of sp³-hybridized carbons (Fsp3) is 0.316. The zero-order valence-electron chi connectivity index (χ0n) is 27.1. The molecule has 0 saturated carbocycles. The molecule has 47 heavy (non-hydrogen) atoms. The maximum atomic E-state index is 13.3. The number of benzene rings is 2. The molecule has 0 unspecified atom stereocenters. The Morgan fingerprint density at radius 3 is 1.34 bits per heavy atom. The van der Waals surface area contributed by atoms with Crippen LogP contribution in [0.1, 0.15) is 50.7 Å². The Bertz CT molecular complexity index is 1250. The van der Waals surface area contributed by atoms with Crippen molar-refractivity contribution in [2.75, 3.05) is 26.2 Å². The van der Waals surface area contributed by atoms with E-state index in [9.17, 15) is 27.2 Å². The number of carbonyl (C=O) groups excluding carboxylic acids is 2. The topological polar surface area (TPSA) is 40.6 Å². The van der Waals surface area contributed by atoms with Crippen LogP contribution in [0, 0.1) is 47.6 Å². The van der Waals surface area contributed by atoms with Crippen molar-refractivity contribution in [1.29, 1.82) is 0 Å². The molecule has 0 bridgehead atoms. The smallest absolute Gasteiger partial charge is 0.339 e. The molecule has 0 radical (unpaired) electrons. The molecule has 0 saturated heterocycles. The molecule has 4 nitrogen and oxygen atoms in total. The molecule has 0 aliphatic heterocycles. The molecule has 0 atom stereocenters. The number of rotatable bonds is 12. The standard InChI is InChI=1S/2C14H16F2NO.2C5H5.Ti/c2*1-3-8-17(11(2)18)9-4-5-12-6-7-13(15)10-14(12)16;2*1-2-4-5-3-1;/h2*3,6-7H,1,4-5,8-9H2,2H3;2*1-3H,4H2;/q4*-1;+4. The number of allylic oxidation sites excluding steroid dienone is 8.